The Morgan fingerprint density at radius 3 is 2.65 bits per heavy atom. The van der Waals surface area contributed by atoms with Gasteiger partial charge >= 0.3 is 5.97 Å². The number of hydrogen-bond acceptors (Lipinski definition) is 2. The summed E-state index contributed by atoms with van der Waals surface area (Å²) in [5.41, 5.74) is 1.29. The van der Waals surface area contributed by atoms with Crippen LogP contribution in [0.25, 0.3) is 0 Å². The van der Waals surface area contributed by atoms with Crippen LogP contribution in [0.3, 0.4) is 0 Å². The summed E-state index contributed by atoms with van der Waals surface area (Å²) in [7, 11) is 1.84. The average molecular weight is 236 g/mol. The smallest absolute Gasteiger partial charge is 0.339 e. The molecule has 94 valence electrons. The fraction of sp³-hybridized carbons (Fsp3) is 0.692. The molecule has 2 rings (SSSR count). The molecule has 1 aromatic heterocycles. The molecule has 1 saturated carbocycles. The highest BCUT2D eigenvalue weighted by Crippen LogP contribution is 2.37. The van der Waals surface area contributed by atoms with Gasteiger partial charge in [0.05, 0.1) is 11.9 Å². The summed E-state index contributed by atoms with van der Waals surface area (Å²) in [4.78, 5) is 11.1. The third kappa shape index (κ3) is 2.35. The van der Waals surface area contributed by atoms with Gasteiger partial charge in [0.1, 0.15) is 5.56 Å². The maximum absolute atomic E-state index is 11.1. The van der Waals surface area contributed by atoms with E-state index in [0.717, 1.165) is 24.5 Å². The van der Waals surface area contributed by atoms with Crippen LogP contribution in [0.15, 0.2) is 6.20 Å². The Balaban J connectivity index is 2.18. The lowest BCUT2D eigenvalue weighted by Gasteiger charge is -2.28. The number of aromatic carboxylic acids is 1. The summed E-state index contributed by atoms with van der Waals surface area (Å²) in [6.45, 7) is 2.23. The molecular weight excluding hydrogens is 216 g/mol. The molecule has 1 fully saturated rings. The quantitative estimate of drug-likeness (QED) is 0.878. The molecular formula is C13H20N2O2. The summed E-state index contributed by atoms with van der Waals surface area (Å²) < 4.78 is 1.74. The Morgan fingerprint density at radius 2 is 2.12 bits per heavy atom. The number of nitrogens with zero attached hydrogens (tertiary/aromatic N) is 2. The van der Waals surface area contributed by atoms with Crippen molar-refractivity contribution in [3.05, 3.63) is 17.5 Å². The normalized spacial score (nSPS) is 24.8. The van der Waals surface area contributed by atoms with Crippen molar-refractivity contribution in [3.63, 3.8) is 0 Å². The topological polar surface area (TPSA) is 55.1 Å². The Morgan fingerprint density at radius 1 is 1.47 bits per heavy atom. The Hall–Kier alpha value is -1.32. The van der Waals surface area contributed by atoms with Gasteiger partial charge in [-0.25, -0.2) is 4.79 Å². The highest BCUT2D eigenvalue weighted by molar-refractivity contribution is 5.88. The van der Waals surface area contributed by atoms with E-state index in [9.17, 15) is 4.79 Å². The second-order valence-electron chi connectivity index (χ2n) is 5.00. The molecule has 0 saturated heterocycles. The van der Waals surface area contributed by atoms with Crippen LogP contribution in [-0.4, -0.2) is 20.9 Å². The van der Waals surface area contributed by atoms with Gasteiger partial charge in [0, 0.05) is 13.0 Å². The van der Waals surface area contributed by atoms with E-state index < -0.39 is 5.97 Å². The van der Waals surface area contributed by atoms with Crippen LogP contribution in [0.2, 0.25) is 0 Å². The number of hydrogen-bond donors (Lipinski definition) is 1. The van der Waals surface area contributed by atoms with Crippen molar-refractivity contribution in [2.45, 2.75) is 44.9 Å². The van der Waals surface area contributed by atoms with E-state index in [0.29, 0.717) is 11.5 Å². The van der Waals surface area contributed by atoms with Gasteiger partial charge in [-0.3, -0.25) is 4.68 Å². The predicted molar refractivity (Wildman–Crippen MR) is 65.2 cm³/mol. The van der Waals surface area contributed by atoms with Gasteiger partial charge in [-0.15, -0.1) is 0 Å². The zero-order valence-corrected chi connectivity index (χ0v) is 10.5. The zero-order valence-electron chi connectivity index (χ0n) is 10.5. The molecule has 0 aromatic carbocycles. The van der Waals surface area contributed by atoms with Crippen molar-refractivity contribution >= 4 is 5.97 Å². The predicted octanol–water partition coefficient (Wildman–Crippen LogP) is 2.80. The highest BCUT2D eigenvalue weighted by atomic mass is 16.4. The molecule has 1 aromatic rings. The number of aryl methyl sites for hydroxylation is 1. The molecule has 0 bridgehead atoms. The van der Waals surface area contributed by atoms with Crippen LogP contribution >= 0.6 is 0 Å². The largest absolute Gasteiger partial charge is 0.478 e. The molecule has 0 radical (unpaired) electrons. The van der Waals surface area contributed by atoms with E-state index in [1.807, 2.05) is 7.05 Å². The Bertz CT molecular complexity index is 404. The van der Waals surface area contributed by atoms with E-state index in [1.165, 1.54) is 25.5 Å². The Labute approximate surface area is 102 Å². The van der Waals surface area contributed by atoms with Crippen LogP contribution in [0, 0.1) is 5.92 Å². The standard InChI is InChI=1S/C13H20N2O2/c1-3-9-4-6-10(7-5-9)12-11(13(16)17)8-14-15(12)2/h8-10H,3-7H2,1-2H3,(H,16,17). The van der Waals surface area contributed by atoms with Crippen molar-refractivity contribution in [2.75, 3.05) is 0 Å². The SMILES string of the molecule is CCC1CCC(c2c(C(=O)O)cnn2C)CC1. The lowest BCUT2D eigenvalue weighted by Crippen LogP contribution is -2.17. The van der Waals surface area contributed by atoms with E-state index >= 15 is 0 Å². The molecule has 4 nitrogen and oxygen atoms in total. The van der Waals surface area contributed by atoms with Crippen LogP contribution in [-0.2, 0) is 7.05 Å². The van der Waals surface area contributed by atoms with Gasteiger partial charge in [0.15, 0.2) is 0 Å². The van der Waals surface area contributed by atoms with Crippen molar-refractivity contribution in [2.24, 2.45) is 13.0 Å². The van der Waals surface area contributed by atoms with E-state index in [4.69, 9.17) is 5.11 Å². The van der Waals surface area contributed by atoms with Crippen molar-refractivity contribution in [1.29, 1.82) is 0 Å². The number of carbonyl (C=O) groups is 1. The molecule has 0 atom stereocenters. The van der Waals surface area contributed by atoms with Crippen LogP contribution in [0.1, 0.15) is 61.0 Å². The Kier molecular flexibility index (Phi) is 3.50. The van der Waals surface area contributed by atoms with Crippen LogP contribution < -0.4 is 0 Å². The van der Waals surface area contributed by atoms with E-state index in [1.54, 1.807) is 4.68 Å². The first kappa shape index (κ1) is 12.1. The second-order valence-corrected chi connectivity index (χ2v) is 5.00. The first-order chi connectivity index (χ1) is 8.13. The molecule has 0 aliphatic heterocycles. The molecule has 0 spiro atoms. The summed E-state index contributed by atoms with van der Waals surface area (Å²) in [5.74, 6) is 0.342. The van der Waals surface area contributed by atoms with E-state index in [-0.39, 0.29) is 0 Å². The first-order valence-electron chi connectivity index (χ1n) is 6.38. The van der Waals surface area contributed by atoms with Gasteiger partial charge in [-0.05, 0) is 31.6 Å². The maximum atomic E-state index is 11.1. The molecule has 1 aliphatic rings. The third-order valence-corrected chi connectivity index (χ3v) is 4.03. The van der Waals surface area contributed by atoms with E-state index in [2.05, 4.69) is 12.0 Å². The summed E-state index contributed by atoms with van der Waals surface area (Å²) in [6.07, 6.45) is 7.33. The molecule has 1 heterocycles. The van der Waals surface area contributed by atoms with Crippen LogP contribution in [0.4, 0.5) is 0 Å². The second kappa shape index (κ2) is 4.90. The van der Waals surface area contributed by atoms with Gasteiger partial charge in [-0.2, -0.15) is 5.10 Å². The minimum Gasteiger partial charge on any atom is -0.478 e. The fourth-order valence-electron chi connectivity index (χ4n) is 2.94. The minimum absolute atomic E-state index is 0.372. The lowest BCUT2D eigenvalue weighted by atomic mass is 9.78. The van der Waals surface area contributed by atoms with Crippen molar-refractivity contribution in [3.8, 4) is 0 Å². The number of aromatic nitrogens is 2. The maximum Gasteiger partial charge on any atom is 0.339 e. The monoisotopic (exact) mass is 236 g/mol. The molecule has 4 heteroatoms. The number of carboxylic acid groups (broad SMARTS) is 1. The molecule has 1 aliphatic carbocycles. The average Bonchev–Trinajstić information content (AvgIpc) is 2.71. The zero-order chi connectivity index (χ0) is 12.4. The molecule has 1 N–H and O–H groups in total. The molecule has 0 unspecified atom stereocenters. The van der Waals surface area contributed by atoms with Gasteiger partial charge in [0.2, 0.25) is 0 Å². The lowest BCUT2D eigenvalue weighted by molar-refractivity contribution is 0.0694. The van der Waals surface area contributed by atoms with Gasteiger partial charge in [0.25, 0.3) is 0 Å². The number of carboxylic acids is 1. The summed E-state index contributed by atoms with van der Waals surface area (Å²) in [6, 6.07) is 0. The third-order valence-electron chi connectivity index (χ3n) is 4.03. The summed E-state index contributed by atoms with van der Waals surface area (Å²) >= 11 is 0. The minimum atomic E-state index is -0.856. The summed E-state index contributed by atoms with van der Waals surface area (Å²) in [5, 5.41) is 13.2. The first-order valence-corrected chi connectivity index (χ1v) is 6.38. The fourth-order valence-corrected chi connectivity index (χ4v) is 2.94. The van der Waals surface area contributed by atoms with Crippen LogP contribution in [0.5, 0.6) is 0 Å². The molecule has 0 amide bonds. The van der Waals surface area contributed by atoms with Crippen molar-refractivity contribution < 1.29 is 9.90 Å². The molecule has 17 heavy (non-hydrogen) atoms. The van der Waals surface area contributed by atoms with Gasteiger partial charge < -0.3 is 5.11 Å². The highest BCUT2D eigenvalue weighted by Gasteiger charge is 2.27. The van der Waals surface area contributed by atoms with Crippen molar-refractivity contribution in [1.82, 2.24) is 9.78 Å². The number of rotatable bonds is 3. The van der Waals surface area contributed by atoms with Gasteiger partial charge in [-0.1, -0.05) is 13.3 Å².